The molecule has 0 atom stereocenters. The van der Waals surface area contributed by atoms with Gasteiger partial charge in [0, 0.05) is 39.3 Å². The van der Waals surface area contributed by atoms with Crippen LogP contribution in [-0.4, -0.2) is 78.9 Å². The van der Waals surface area contributed by atoms with Crippen LogP contribution < -0.4 is 5.73 Å². The lowest BCUT2D eigenvalue weighted by Gasteiger charge is -2.35. The van der Waals surface area contributed by atoms with E-state index in [2.05, 4.69) is 4.90 Å². The van der Waals surface area contributed by atoms with Crippen LogP contribution in [0, 0.1) is 0 Å². The van der Waals surface area contributed by atoms with Crippen LogP contribution in [0.4, 0.5) is 0 Å². The summed E-state index contributed by atoms with van der Waals surface area (Å²) in [6.45, 7) is 8.83. The molecule has 0 saturated carbocycles. The van der Waals surface area contributed by atoms with Crippen molar-refractivity contribution >= 4 is 11.8 Å². The van der Waals surface area contributed by atoms with Crippen molar-refractivity contribution in [1.29, 1.82) is 0 Å². The molecule has 2 amide bonds. The second kappa shape index (κ2) is 7.33. The molecule has 0 aromatic carbocycles. The van der Waals surface area contributed by atoms with Crippen LogP contribution >= 0.6 is 0 Å². The van der Waals surface area contributed by atoms with Crippen molar-refractivity contribution in [1.82, 2.24) is 14.7 Å². The SMILES string of the molecule is CCN(CC)C(=O)CN1CCN(C(=O)CN)CC1. The summed E-state index contributed by atoms with van der Waals surface area (Å²) in [5, 5.41) is 0. The Balaban J connectivity index is 2.35. The standard InChI is InChI=1S/C12H24N4O2/c1-3-15(4-2)12(18)10-14-5-7-16(8-6-14)11(17)9-13/h3-10,13H2,1-2H3. The molecule has 0 aliphatic carbocycles. The van der Waals surface area contributed by atoms with E-state index in [9.17, 15) is 9.59 Å². The van der Waals surface area contributed by atoms with E-state index in [0.717, 1.165) is 26.2 Å². The third kappa shape index (κ3) is 3.96. The fourth-order valence-corrected chi connectivity index (χ4v) is 2.15. The molecular formula is C12H24N4O2. The summed E-state index contributed by atoms with van der Waals surface area (Å²) in [7, 11) is 0. The molecule has 6 nitrogen and oxygen atoms in total. The average molecular weight is 256 g/mol. The molecule has 0 unspecified atom stereocenters. The Morgan fingerprint density at radius 3 is 2.11 bits per heavy atom. The Morgan fingerprint density at radius 2 is 1.67 bits per heavy atom. The van der Waals surface area contributed by atoms with Gasteiger partial charge >= 0.3 is 0 Å². The van der Waals surface area contributed by atoms with Gasteiger partial charge in [0.25, 0.3) is 0 Å². The minimum absolute atomic E-state index is 0.00952. The first-order valence-corrected chi connectivity index (χ1v) is 6.60. The Bertz CT molecular complexity index is 284. The van der Waals surface area contributed by atoms with Gasteiger partial charge in [-0.15, -0.1) is 0 Å². The molecule has 1 saturated heterocycles. The van der Waals surface area contributed by atoms with Gasteiger partial charge in [0.1, 0.15) is 0 Å². The second-order valence-corrected chi connectivity index (χ2v) is 4.43. The number of hydrogen-bond donors (Lipinski definition) is 1. The van der Waals surface area contributed by atoms with Gasteiger partial charge < -0.3 is 15.5 Å². The fourth-order valence-electron chi connectivity index (χ4n) is 2.15. The molecule has 1 rings (SSSR count). The highest BCUT2D eigenvalue weighted by Gasteiger charge is 2.22. The Hall–Kier alpha value is -1.14. The first-order chi connectivity index (χ1) is 8.62. The molecule has 1 aliphatic rings. The first kappa shape index (κ1) is 14.9. The number of carbonyl (C=O) groups is 2. The highest BCUT2D eigenvalue weighted by Crippen LogP contribution is 2.02. The van der Waals surface area contributed by atoms with Crippen LogP contribution in [0.25, 0.3) is 0 Å². The smallest absolute Gasteiger partial charge is 0.236 e. The summed E-state index contributed by atoms with van der Waals surface area (Å²) in [6.07, 6.45) is 0. The molecule has 0 spiro atoms. The molecule has 0 aromatic rings. The lowest BCUT2D eigenvalue weighted by molar-refractivity contribution is -0.134. The monoisotopic (exact) mass is 256 g/mol. The van der Waals surface area contributed by atoms with Crippen molar-refractivity contribution in [2.24, 2.45) is 5.73 Å². The van der Waals surface area contributed by atoms with E-state index >= 15 is 0 Å². The number of carbonyl (C=O) groups excluding carboxylic acids is 2. The first-order valence-electron chi connectivity index (χ1n) is 6.60. The Labute approximate surface area is 109 Å². The van der Waals surface area contributed by atoms with Gasteiger partial charge in [-0.1, -0.05) is 0 Å². The topological polar surface area (TPSA) is 69.9 Å². The number of likely N-dealkylation sites (N-methyl/N-ethyl adjacent to an activating group) is 1. The molecule has 6 heteroatoms. The van der Waals surface area contributed by atoms with E-state index in [1.165, 1.54) is 0 Å². The largest absolute Gasteiger partial charge is 0.342 e. The molecule has 0 bridgehead atoms. The summed E-state index contributed by atoms with van der Waals surface area (Å²) in [4.78, 5) is 29.0. The van der Waals surface area contributed by atoms with E-state index < -0.39 is 0 Å². The van der Waals surface area contributed by atoms with Crippen molar-refractivity contribution in [2.45, 2.75) is 13.8 Å². The number of nitrogens with two attached hydrogens (primary N) is 1. The van der Waals surface area contributed by atoms with E-state index in [-0.39, 0.29) is 18.4 Å². The third-order valence-electron chi connectivity index (χ3n) is 3.37. The maximum atomic E-state index is 11.9. The minimum Gasteiger partial charge on any atom is -0.342 e. The van der Waals surface area contributed by atoms with Crippen LogP contribution in [0.3, 0.4) is 0 Å². The molecule has 1 heterocycles. The van der Waals surface area contributed by atoms with E-state index in [1.807, 2.05) is 18.7 Å². The van der Waals surface area contributed by atoms with Crippen molar-refractivity contribution in [3.8, 4) is 0 Å². The second-order valence-electron chi connectivity index (χ2n) is 4.43. The zero-order chi connectivity index (χ0) is 13.5. The van der Waals surface area contributed by atoms with Gasteiger partial charge in [-0.05, 0) is 13.8 Å². The van der Waals surface area contributed by atoms with Gasteiger partial charge in [-0.2, -0.15) is 0 Å². The van der Waals surface area contributed by atoms with Gasteiger partial charge in [0.2, 0.25) is 11.8 Å². The maximum absolute atomic E-state index is 11.9. The predicted molar refractivity (Wildman–Crippen MR) is 70.0 cm³/mol. The summed E-state index contributed by atoms with van der Waals surface area (Å²) >= 11 is 0. The lowest BCUT2D eigenvalue weighted by Crippen LogP contribution is -2.52. The van der Waals surface area contributed by atoms with Crippen molar-refractivity contribution in [3.05, 3.63) is 0 Å². The zero-order valence-corrected chi connectivity index (χ0v) is 11.4. The number of nitrogens with zero attached hydrogens (tertiary/aromatic N) is 3. The molecule has 0 aromatic heterocycles. The molecule has 2 N–H and O–H groups in total. The number of hydrogen-bond acceptors (Lipinski definition) is 4. The molecule has 1 fully saturated rings. The predicted octanol–water partition coefficient (Wildman–Crippen LogP) is -1.04. The van der Waals surface area contributed by atoms with E-state index in [1.54, 1.807) is 4.90 Å². The summed E-state index contributed by atoms with van der Waals surface area (Å²) < 4.78 is 0. The molecule has 104 valence electrons. The van der Waals surface area contributed by atoms with E-state index in [4.69, 9.17) is 5.73 Å². The summed E-state index contributed by atoms with van der Waals surface area (Å²) in [5.74, 6) is 0.156. The highest BCUT2D eigenvalue weighted by molar-refractivity contribution is 5.79. The van der Waals surface area contributed by atoms with Gasteiger partial charge in [-0.3, -0.25) is 14.5 Å². The highest BCUT2D eigenvalue weighted by atomic mass is 16.2. The number of piperazine rings is 1. The van der Waals surface area contributed by atoms with Crippen molar-refractivity contribution in [3.63, 3.8) is 0 Å². The van der Waals surface area contributed by atoms with Crippen LogP contribution in [-0.2, 0) is 9.59 Å². The maximum Gasteiger partial charge on any atom is 0.236 e. The van der Waals surface area contributed by atoms with Crippen LogP contribution in [0.1, 0.15) is 13.8 Å². The summed E-state index contributed by atoms with van der Waals surface area (Å²) in [5.41, 5.74) is 5.33. The molecule has 1 aliphatic heterocycles. The number of rotatable bonds is 5. The fraction of sp³-hybridized carbons (Fsp3) is 0.833. The van der Waals surface area contributed by atoms with Crippen molar-refractivity contribution < 1.29 is 9.59 Å². The normalized spacial score (nSPS) is 16.7. The molecule has 18 heavy (non-hydrogen) atoms. The number of amides is 2. The van der Waals surface area contributed by atoms with E-state index in [0.29, 0.717) is 19.6 Å². The zero-order valence-electron chi connectivity index (χ0n) is 11.4. The van der Waals surface area contributed by atoms with Gasteiger partial charge in [0.05, 0.1) is 13.1 Å². The Morgan fingerprint density at radius 1 is 1.11 bits per heavy atom. The summed E-state index contributed by atoms with van der Waals surface area (Å²) in [6, 6.07) is 0. The quantitative estimate of drug-likeness (QED) is 0.682. The molecule has 0 radical (unpaired) electrons. The molecular weight excluding hydrogens is 232 g/mol. The lowest BCUT2D eigenvalue weighted by atomic mass is 10.3. The average Bonchev–Trinajstić information content (AvgIpc) is 2.40. The van der Waals surface area contributed by atoms with Gasteiger partial charge in [0.15, 0.2) is 0 Å². The third-order valence-corrected chi connectivity index (χ3v) is 3.37. The van der Waals surface area contributed by atoms with Crippen LogP contribution in [0.2, 0.25) is 0 Å². The van der Waals surface area contributed by atoms with Crippen molar-refractivity contribution in [2.75, 3.05) is 52.4 Å². The van der Waals surface area contributed by atoms with Crippen LogP contribution in [0.5, 0.6) is 0 Å². The minimum atomic E-state index is -0.00952. The van der Waals surface area contributed by atoms with Crippen LogP contribution in [0.15, 0.2) is 0 Å². The Kier molecular flexibility index (Phi) is 6.07. The van der Waals surface area contributed by atoms with Gasteiger partial charge in [-0.25, -0.2) is 0 Å².